The predicted molar refractivity (Wildman–Crippen MR) is 188 cm³/mol. The molecule has 5 rings (SSSR count). The fourth-order valence-corrected chi connectivity index (χ4v) is 6.59. The topological polar surface area (TPSA) is 133 Å². The third kappa shape index (κ3) is 9.14. The summed E-state index contributed by atoms with van der Waals surface area (Å²) in [7, 11) is 0. The van der Waals surface area contributed by atoms with Crippen molar-refractivity contribution >= 4 is 34.2 Å². The molecular weight excluding hydrogens is 588 g/mol. The van der Waals surface area contributed by atoms with Crippen molar-refractivity contribution in [2.24, 2.45) is 23.5 Å². The summed E-state index contributed by atoms with van der Waals surface area (Å²) in [6.07, 6.45) is 5.97. The SMILES string of the molecule is CCN(CC)CCNC(=O)c1ccc(-c2cccc(C[C@H](CC(=O)C3CCC(CN)CC3)C(=O)Nc3ccc4cn[nH]c4c3)c2)cc1. The number of Topliss-reactive ketones (excluding diaryl/α,β-unsaturated/α-hetero) is 1. The van der Waals surface area contributed by atoms with Gasteiger partial charge in [0.2, 0.25) is 5.91 Å². The first-order chi connectivity index (χ1) is 22.9. The Balaban J connectivity index is 1.28. The van der Waals surface area contributed by atoms with Crippen LogP contribution >= 0.6 is 0 Å². The maximum absolute atomic E-state index is 13.8. The number of hydrogen-bond donors (Lipinski definition) is 4. The highest BCUT2D eigenvalue weighted by atomic mass is 16.2. The Morgan fingerprint density at radius 3 is 2.45 bits per heavy atom. The third-order valence-electron chi connectivity index (χ3n) is 9.66. The van der Waals surface area contributed by atoms with E-state index in [4.69, 9.17) is 5.73 Å². The van der Waals surface area contributed by atoms with Crippen LogP contribution in [0.4, 0.5) is 5.69 Å². The number of H-pyrrole nitrogens is 1. The van der Waals surface area contributed by atoms with Crippen LogP contribution in [-0.4, -0.2) is 65.4 Å². The Morgan fingerprint density at radius 1 is 0.957 bits per heavy atom. The Bertz CT molecular complexity index is 1640. The van der Waals surface area contributed by atoms with E-state index in [9.17, 15) is 14.4 Å². The van der Waals surface area contributed by atoms with Crippen molar-refractivity contribution in [2.45, 2.75) is 52.4 Å². The first kappa shape index (κ1) is 34.0. The minimum Gasteiger partial charge on any atom is -0.351 e. The summed E-state index contributed by atoms with van der Waals surface area (Å²) in [6, 6.07) is 21.3. The van der Waals surface area contributed by atoms with Crippen molar-refractivity contribution in [1.82, 2.24) is 20.4 Å². The standard InChI is InChI=1S/C38H48N6O3/c1-3-44(4-2)19-18-40-37(46)30-14-12-28(13-15-30)31-7-5-6-27(20-31)21-33(22-36(45)29-10-8-26(24-39)9-11-29)38(47)42-34-17-16-32-25-41-43-35(32)23-34/h5-7,12-17,20,23,25-26,29,33H,3-4,8-11,18-19,21-22,24,39H2,1-2H3,(H,40,46)(H,41,43)(H,42,47)/t26?,29?,33-/m1/s1. The van der Waals surface area contributed by atoms with Gasteiger partial charge < -0.3 is 21.3 Å². The molecular formula is C38H48N6O3. The van der Waals surface area contributed by atoms with Gasteiger partial charge >= 0.3 is 0 Å². The molecule has 1 aliphatic rings. The van der Waals surface area contributed by atoms with E-state index in [2.05, 4.69) is 45.6 Å². The molecule has 0 unspecified atom stereocenters. The molecule has 0 radical (unpaired) electrons. The van der Waals surface area contributed by atoms with E-state index >= 15 is 0 Å². The van der Waals surface area contributed by atoms with E-state index in [1.165, 1.54) is 0 Å². The maximum Gasteiger partial charge on any atom is 0.251 e. The van der Waals surface area contributed by atoms with Gasteiger partial charge in [-0.05, 0) is 105 Å². The van der Waals surface area contributed by atoms with Gasteiger partial charge in [-0.3, -0.25) is 19.5 Å². The smallest absolute Gasteiger partial charge is 0.251 e. The first-order valence-electron chi connectivity index (χ1n) is 17.0. The number of amides is 2. The highest BCUT2D eigenvalue weighted by Crippen LogP contribution is 2.31. The molecule has 0 spiro atoms. The molecule has 1 heterocycles. The van der Waals surface area contributed by atoms with Gasteiger partial charge in [-0.25, -0.2) is 0 Å². The molecule has 2 amide bonds. The molecule has 5 N–H and O–H groups in total. The van der Waals surface area contributed by atoms with Gasteiger partial charge in [0.25, 0.3) is 5.91 Å². The van der Waals surface area contributed by atoms with Crippen LogP contribution in [0, 0.1) is 17.8 Å². The molecule has 47 heavy (non-hydrogen) atoms. The summed E-state index contributed by atoms with van der Waals surface area (Å²) >= 11 is 0. The van der Waals surface area contributed by atoms with Gasteiger partial charge in [-0.15, -0.1) is 0 Å². The van der Waals surface area contributed by atoms with Crippen LogP contribution in [0.3, 0.4) is 0 Å². The Hall–Kier alpha value is -4.34. The second-order valence-corrected chi connectivity index (χ2v) is 12.7. The molecule has 1 fully saturated rings. The minimum absolute atomic E-state index is 0.0197. The zero-order valence-corrected chi connectivity index (χ0v) is 27.6. The lowest BCUT2D eigenvalue weighted by atomic mass is 9.77. The zero-order valence-electron chi connectivity index (χ0n) is 27.6. The van der Waals surface area contributed by atoms with E-state index < -0.39 is 5.92 Å². The number of benzene rings is 3. The number of carbonyl (C=O) groups excluding carboxylic acids is 3. The fraction of sp³-hybridized carbons (Fsp3) is 0.421. The summed E-state index contributed by atoms with van der Waals surface area (Å²) in [6.45, 7) is 8.24. The molecule has 0 aliphatic heterocycles. The average Bonchev–Trinajstić information content (AvgIpc) is 3.58. The molecule has 248 valence electrons. The molecule has 1 saturated carbocycles. The fourth-order valence-electron chi connectivity index (χ4n) is 6.59. The van der Waals surface area contributed by atoms with E-state index in [-0.39, 0.29) is 29.9 Å². The number of likely N-dealkylation sites (N-methyl/N-ethyl adjacent to an activating group) is 1. The number of aromatic nitrogens is 2. The van der Waals surface area contributed by atoms with E-state index in [0.717, 1.165) is 72.9 Å². The number of nitrogens with zero attached hydrogens (tertiary/aromatic N) is 2. The molecule has 0 saturated heterocycles. The van der Waals surface area contributed by atoms with Crippen LogP contribution in [0.1, 0.15) is 61.9 Å². The summed E-state index contributed by atoms with van der Waals surface area (Å²) < 4.78 is 0. The summed E-state index contributed by atoms with van der Waals surface area (Å²) in [4.78, 5) is 42.3. The van der Waals surface area contributed by atoms with Crippen LogP contribution in [-0.2, 0) is 16.0 Å². The molecule has 3 aromatic carbocycles. The largest absolute Gasteiger partial charge is 0.351 e. The second kappa shape index (κ2) is 16.5. The highest BCUT2D eigenvalue weighted by molar-refractivity contribution is 5.97. The van der Waals surface area contributed by atoms with Crippen molar-refractivity contribution in [3.8, 4) is 11.1 Å². The molecule has 1 atom stereocenters. The van der Waals surface area contributed by atoms with Crippen molar-refractivity contribution in [3.63, 3.8) is 0 Å². The Labute approximate surface area is 277 Å². The summed E-state index contributed by atoms with van der Waals surface area (Å²) in [5, 5.41) is 14.1. The normalized spacial score (nSPS) is 17.0. The van der Waals surface area contributed by atoms with Gasteiger partial charge in [-0.1, -0.05) is 50.2 Å². The lowest BCUT2D eigenvalue weighted by molar-refractivity contribution is -0.129. The van der Waals surface area contributed by atoms with E-state index in [1.54, 1.807) is 6.20 Å². The Morgan fingerprint density at radius 2 is 1.72 bits per heavy atom. The van der Waals surface area contributed by atoms with Crippen LogP contribution < -0.4 is 16.4 Å². The van der Waals surface area contributed by atoms with Crippen LogP contribution in [0.2, 0.25) is 0 Å². The number of anilines is 1. The van der Waals surface area contributed by atoms with Crippen molar-refractivity contribution in [1.29, 1.82) is 0 Å². The molecule has 4 aromatic rings. The van der Waals surface area contributed by atoms with Crippen molar-refractivity contribution in [3.05, 3.63) is 84.1 Å². The number of carbonyl (C=O) groups is 3. The molecule has 1 aliphatic carbocycles. The van der Waals surface area contributed by atoms with Gasteiger partial charge in [0.05, 0.1) is 11.7 Å². The van der Waals surface area contributed by atoms with Gasteiger partial charge in [0.1, 0.15) is 5.78 Å². The van der Waals surface area contributed by atoms with Crippen LogP contribution in [0.5, 0.6) is 0 Å². The molecule has 0 bridgehead atoms. The summed E-state index contributed by atoms with van der Waals surface area (Å²) in [5.41, 5.74) is 10.9. The number of nitrogens with two attached hydrogens (primary N) is 1. The third-order valence-corrected chi connectivity index (χ3v) is 9.66. The number of ketones is 1. The predicted octanol–water partition coefficient (Wildman–Crippen LogP) is 5.82. The molecule has 1 aromatic heterocycles. The second-order valence-electron chi connectivity index (χ2n) is 12.7. The quantitative estimate of drug-likeness (QED) is 0.130. The van der Waals surface area contributed by atoms with Crippen molar-refractivity contribution in [2.75, 3.05) is 38.0 Å². The van der Waals surface area contributed by atoms with Gasteiger partial charge in [-0.2, -0.15) is 5.10 Å². The number of hydrogen-bond acceptors (Lipinski definition) is 6. The van der Waals surface area contributed by atoms with Crippen LogP contribution in [0.25, 0.3) is 22.0 Å². The minimum atomic E-state index is -0.523. The highest BCUT2D eigenvalue weighted by Gasteiger charge is 2.30. The lowest BCUT2D eigenvalue weighted by Crippen LogP contribution is -2.34. The average molecular weight is 637 g/mol. The van der Waals surface area contributed by atoms with Crippen molar-refractivity contribution < 1.29 is 14.4 Å². The number of nitrogens with one attached hydrogen (secondary N) is 3. The first-order valence-corrected chi connectivity index (χ1v) is 17.0. The zero-order chi connectivity index (χ0) is 33.2. The Kier molecular flexibility index (Phi) is 11.9. The van der Waals surface area contributed by atoms with E-state index in [0.29, 0.717) is 36.7 Å². The monoisotopic (exact) mass is 636 g/mol. The number of aromatic amines is 1. The molecule has 9 nitrogen and oxygen atoms in total. The van der Waals surface area contributed by atoms with Gasteiger partial charge in [0.15, 0.2) is 0 Å². The summed E-state index contributed by atoms with van der Waals surface area (Å²) in [5.74, 6) is -0.154. The lowest BCUT2D eigenvalue weighted by Gasteiger charge is -2.27. The van der Waals surface area contributed by atoms with Crippen LogP contribution in [0.15, 0.2) is 72.9 Å². The van der Waals surface area contributed by atoms with Gasteiger partial charge in [0, 0.05) is 48.0 Å². The molecule has 9 heteroatoms. The van der Waals surface area contributed by atoms with E-state index in [1.807, 2.05) is 60.7 Å². The maximum atomic E-state index is 13.8. The number of rotatable bonds is 15. The number of fused-ring (bicyclic) bond motifs is 1.